The Labute approximate surface area is 478 Å². The molecule has 0 unspecified atom stereocenters. The number of esters is 5. The van der Waals surface area contributed by atoms with E-state index in [2.05, 4.69) is 13.8 Å². The molecular formula is C63H110N2O14. The number of aliphatic hydroxyl groups excluding tert-OH is 1. The van der Waals surface area contributed by atoms with Crippen molar-refractivity contribution in [2.75, 3.05) is 51.9 Å². The van der Waals surface area contributed by atoms with Gasteiger partial charge in [-0.3, -0.25) is 14.4 Å². The normalized spacial score (nSPS) is 10.6. The molecule has 79 heavy (non-hydrogen) atoms. The number of carboxylic acid groups (broad SMARTS) is 1. The van der Waals surface area contributed by atoms with Crippen molar-refractivity contribution in [3.63, 3.8) is 0 Å². The molecule has 0 atom stereocenters. The fourth-order valence-corrected chi connectivity index (χ4v) is 4.07. The van der Waals surface area contributed by atoms with Crippen molar-refractivity contribution < 1.29 is 67.5 Å². The van der Waals surface area contributed by atoms with E-state index in [4.69, 9.17) is 45.4 Å². The number of allylic oxidation sites excluding steroid dienone is 2. The molecule has 0 aliphatic carbocycles. The molecule has 0 aliphatic rings. The zero-order valence-corrected chi connectivity index (χ0v) is 52.9. The number of nitrogens with two attached hydrogens (primary N) is 2. The number of anilines is 1. The lowest BCUT2D eigenvalue weighted by Gasteiger charge is -2.08. The summed E-state index contributed by atoms with van der Waals surface area (Å²) in [4.78, 5) is 76.1. The Kier molecular flexibility index (Phi) is 57.8. The number of nitrogen functional groups attached to an aromatic ring is 1. The quantitative estimate of drug-likeness (QED) is 0.0298. The summed E-state index contributed by atoms with van der Waals surface area (Å²) >= 11 is 0. The number of carbonyl (C=O) groups is 7. The lowest BCUT2D eigenvalue weighted by molar-refractivity contribution is -0.148. The molecule has 0 aliphatic heterocycles. The van der Waals surface area contributed by atoms with E-state index in [1.165, 1.54) is 6.92 Å². The molecular weight excluding hydrogens is 1010 g/mol. The van der Waals surface area contributed by atoms with Crippen molar-refractivity contribution >= 4 is 47.3 Å². The Balaban J connectivity index is -0.000000196. The van der Waals surface area contributed by atoms with E-state index in [0.717, 1.165) is 6.54 Å². The smallest absolute Gasteiger partial charge is 0.340 e. The zero-order valence-electron chi connectivity index (χ0n) is 52.9. The van der Waals surface area contributed by atoms with Crippen LogP contribution in [0.2, 0.25) is 0 Å². The first-order valence-electron chi connectivity index (χ1n) is 27.6. The van der Waals surface area contributed by atoms with Crippen molar-refractivity contribution in [3.8, 4) is 0 Å². The highest BCUT2D eigenvalue weighted by atomic mass is 16.5. The van der Waals surface area contributed by atoms with Gasteiger partial charge in [-0.2, -0.15) is 0 Å². The third-order valence-corrected chi connectivity index (χ3v) is 8.68. The number of Topliss-reactive ketones (excluding diaryl/α,β-unsaturated/α-hetero) is 1. The second-order valence-electron chi connectivity index (χ2n) is 22.0. The topological polar surface area (TPSA) is 258 Å². The van der Waals surface area contributed by atoms with Gasteiger partial charge in [0.25, 0.3) is 0 Å². The highest BCUT2D eigenvalue weighted by Gasteiger charge is 2.12. The number of aliphatic carboxylic acids is 1. The number of ketones is 1. The average Bonchev–Trinajstić information content (AvgIpc) is 3.37. The van der Waals surface area contributed by atoms with Crippen LogP contribution in [-0.4, -0.2) is 98.0 Å². The van der Waals surface area contributed by atoms with E-state index in [1.807, 2.05) is 136 Å². The summed E-state index contributed by atoms with van der Waals surface area (Å²) in [7, 11) is 0. The van der Waals surface area contributed by atoms with Crippen LogP contribution in [0.4, 0.5) is 5.69 Å². The average molecular weight is 1120 g/mol. The highest BCUT2D eigenvalue weighted by molar-refractivity contribution is 5.95. The minimum Gasteiger partial charge on any atom is -0.478 e. The van der Waals surface area contributed by atoms with E-state index in [0.29, 0.717) is 121 Å². The predicted molar refractivity (Wildman–Crippen MR) is 321 cm³/mol. The number of para-hydroxylation sites is 1. The molecule has 0 aromatic heterocycles. The van der Waals surface area contributed by atoms with Gasteiger partial charge in [0, 0.05) is 23.4 Å². The maximum atomic E-state index is 11.5. The first-order valence-corrected chi connectivity index (χ1v) is 27.6. The van der Waals surface area contributed by atoms with Crippen LogP contribution >= 0.6 is 0 Å². The highest BCUT2D eigenvalue weighted by Crippen LogP contribution is 2.13. The van der Waals surface area contributed by atoms with Crippen LogP contribution in [0.15, 0.2) is 77.9 Å². The molecule has 0 spiro atoms. The maximum absolute atomic E-state index is 11.5. The van der Waals surface area contributed by atoms with Crippen LogP contribution in [0.3, 0.4) is 0 Å². The molecule has 16 nitrogen and oxygen atoms in total. The summed E-state index contributed by atoms with van der Waals surface area (Å²) in [5.41, 5.74) is 13.5. The summed E-state index contributed by atoms with van der Waals surface area (Å²) < 4.78 is 24.7. The molecule has 0 saturated heterocycles. The molecule has 456 valence electrons. The van der Waals surface area contributed by atoms with Crippen LogP contribution in [0.5, 0.6) is 0 Å². The fourth-order valence-electron chi connectivity index (χ4n) is 4.07. The van der Waals surface area contributed by atoms with Crippen LogP contribution in [0.1, 0.15) is 186 Å². The van der Waals surface area contributed by atoms with Gasteiger partial charge in [-0.05, 0) is 112 Å². The van der Waals surface area contributed by atoms with Crippen molar-refractivity contribution in [1.29, 1.82) is 0 Å². The van der Waals surface area contributed by atoms with Crippen LogP contribution in [-0.2, 0) is 47.7 Å². The fraction of sp³-hybridized carbons (Fsp3) is 0.635. The van der Waals surface area contributed by atoms with E-state index in [-0.39, 0.29) is 42.0 Å². The van der Waals surface area contributed by atoms with Gasteiger partial charge in [-0.1, -0.05) is 167 Å². The van der Waals surface area contributed by atoms with Gasteiger partial charge in [0.1, 0.15) is 12.2 Å². The number of ether oxygens (including phenoxy) is 5. The van der Waals surface area contributed by atoms with Gasteiger partial charge in [-0.25, -0.2) is 19.2 Å². The molecule has 2 rings (SSSR count). The summed E-state index contributed by atoms with van der Waals surface area (Å²) in [6.07, 6.45) is 3.96. The summed E-state index contributed by atoms with van der Waals surface area (Å²) in [5, 5.41) is 16.7. The Morgan fingerprint density at radius 1 is 0.519 bits per heavy atom. The molecule has 2 aromatic rings. The third-order valence-electron chi connectivity index (χ3n) is 8.68. The van der Waals surface area contributed by atoms with Gasteiger partial charge in [0.15, 0.2) is 0 Å². The number of hydrogen-bond donors (Lipinski definition) is 4. The number of benzene rings is 2. The molecule has 0 radical (unpaired) electrons. The minimum atomic E-state index is -0.795. The molecule has 0 amide bonds. The second kappa shape index (κ2) is 54.1. The molecule has 16 heteroatoms. The van der Waals surface area contributed by atoms with Crippen molar-refractivity contribution in [3.05, 3.63) is 89.0 Å². The number of carboxylic acids is 1. The predicted octanol–water partition coefficient (Wildman–Crippen LogP) is 13.0. The van der Waals surface area contributed by atoms with Crippen LogP contribution in [0.25, 0.3) is 0 Å². The van der Waals surface area contributed by atoms with Crippen LogP contribution in [0, 0.1) is 53.3 Å². The molecule has 0 fully saturated rings. The first kappa shape index (κ1) is 84.4. The summed E-state index contributed by atoms with van der Waals surface area (Å²) in [6, 6.07) is 15.9. The maximum Gasteiger partial charge on any atom is 0.340 e. The van der Waals surface area contributed by atoms with Gasteiger partial charge in [0.05, 0.1) is 50.1 Å². The molecule has 0 saturated carbocycles. The summed E-state index contributed by atoms with van der Waals surface area (Å²) in [5.74, 6) is 1.13. The lowest BCUT2D eigenvalue weighted by Crippen LogP contribution is -2.14. The molecule has 2 aromatic carbocycles. The van der Waals surface area contributed by atoms with Gasteiger partial charge in [0.2, 0.25) is 0 Å². The van der Waals surface area contributed by atoms with Crippen molar-refractivity contribution in [2.45, 2.75) is 165 Å². The number of aliphatic hydroxyl groups is 1. The minimum absolute atomic E-state index is 0.00116. The Morgan fingerprint density at radius 3 is 1.24 bits per heavy atom. The van der Waals surface area contributed by atoms with Crippen molar-refractivity contribution in [1.82, 2.24) is 0 Å². The number of rotatable bonds is 21. The molecule has 0 bridgehead atoms. The Morgan fingerprint density at radius 2 is 0.911 bits per heavy atom. The standard InChI is InChI=1S/C11H15NO2.C11H14O2.C9H16O2.C8H14O3.C8H16O2.C8H14O2.C4H11N.C4H10O/c1-8(2)7-14-11(13)9-5-3-4-6-10(9)12;1-9(2)8-13-11(12)10-6-4-3-5-7-10;1-5-8(4)9(10)11-6-7(2)3;1-6(2)5-11-8(10)4-7(3)9;1-6(2)5-10-8(9)7(3)4;1-4-7(8(9)10)5-6(2)3;2*1-4(2)3-5/h3-6,8H,7,12H2,1-2H3;3-7,9H,8H2,1-2H3;5,7H,6H2,1-4H3;6H,4-5H2,1-3H3;6-7H,5H2,1-4H3;4,6H,5H2,1-3H3,(H,9,10);4H,3,5H2,1-2H3;4-5H,3H2,1-2H3/b;;8-5-;;;7-4+;;. The largest absolute Gasteiger partial charge is 0.478 e. The number of carbonyl (C=O) groups excluding carboxylic acids is 6. The van der Waals surface area contributed by atoms with Gasteiger partial charge < -0.3 is 45.4 Å². The second-order valence-corrected chi connectivity index (χ2v) is 22.0. The zero-order chi connectivity index (χ0) is 62.8. The Hall–Kier alpha value is -5.87. The first-order chi connectivity index (χ1) is 36.6. The van der Waals surface area contributed by atoms with E-state index >= 15 is 0 Å². The monoisotopic (exact) mass is 1120 g/mol. The molecule has 6 N–H and O–H groups in total. The lowest BCUT2D eigenvalue weighted by atomic mass is 10.0. The van der Waals surface area contributed by atoms with Gasteiger partial charge in [-0.15, -0.1) is 0 Å². The summed E-state index contributed by atoms with van der Waals surface area (Å²) in [6.45, 7) is 45.9. The van der Waals surface area contributed by atoms with E-state index in [1.54, 1.807) is 62.4 Å². The molecule has 0 heterocycles. The van der Waals surface area contributed by atoms with E-state index < -0.39 is 11.9 Å². The van der Waals surface area contributed by atoms with E-state index in [9.17, 15) is 33.6 Å². The Bertz CT molecular complexity index is 1940. The van der Waals surface area contributed by atoms with Crippen LogP contribution < -0.4 is 11.5 Å². The number of hydrogen-bond acceptors (Lipinski definition) is 15. The SMILES string of the molecule is C/C=C(/C)C(=O)OCC(C)C.C/C=C(\CC(C)C)C(=O)O.CC(=O)CC(=O)OCC(C)C.CC(C)CN.CC(C)CO.CC(C)COC(=O)C(C)C.CC(C)COC(=O)c1ccccc1.CC(C)COC(=O)c1ccccc1N. The van der Waals surface area contributed by atoms with Gasteiger partial charge >= 0.3 is 35.8 Å². The third kappa shape index (κ3) is 64.6. The van der Waals surface area contributed by atoms with Crippen molar-refractivity contribution in [2.24, 2.45) is 59.0 Å².